The van der Waals surface area contributed by atoms with E-state index in [-0.39, 0.29) is 16.7 Å². The van der Waals surface area contributed by atoms with Crippen molar-refractivity contribution in [2.24, 2.45) is 0 Å². The minimum atomic E-state index is -0.385. The highest BCUT2D eigenvalue weighted by Gasteiger charge is 2.34. The molecule has 6 heteroatoms. The predicted octanol–water partition coefficient (Wildman–Crippen LogP) is 2.94. The molecule has 2 aliphatic rings. The van der Waals surface area contributed by atoms with E-state index in [1.807, 2.05) is 0 Å². The van der Waals surface area contributed by atoms with Crippen LogP contribution in [0, 0.1) is 10.1 Å². The summed E-state index contributed by atoms with van der Waals surface area (Å²) < 4.78 is 0. The summed E-state index contributed by atoms with van der Waals surface area (Å²) >= 11 is 6.10. The summed E-state index contributed by atoms with van der Waals surface area (Å²) in [6, 6.07) is 6.13. The van der Waals surface area contributed by atoms with Gasteiger partial charge >= 0.3 is 0 Å². The second kappa shape index (κ2) is 4.98. The topological polar surface area (TPSA) is 67.2 Å². The molecule has 1 aromatic carbocycles. The predicted molar refractivity (Wildman–Crippen MR) is 74.7 cm³/mol. The molecule has 0 aliphatic carbocycles. The summed E-state index contributed by atoms with van der Waals surface area (Å²) in [5, 5.41) is 18.3. The average Bonchev–Trinajstić information content (AvgIpc) is 2.71. The highest BCUT2D eigenvalue weighted by molar-refractivity contribution is 6.33. The molecular weight excluding hydrogens is 266 g/mol. The van der Waals surface area contributed by atoms with Crippen LogP contribution in [0.5, 0.6) is 0 Å². The van der Waals surface area contributed by atoms with Crippen LogP contribution in [0.1, 0.15) is 25.7 Å². The van der Waals surface area contributed by atoms with E-state index in [9.17, 15) is 10.1 Å². The quantitative estimate of drug-likeness (QED) is 0.660. The molecule has 5 nitrogen and oxygen atoms in total. The number of nitro groups is 1. The van der Waals surface area contributed by atoms with Gasteiger partial charge in [0.1, 0.15) is 5.69 Å². The molecule has 2 fully saturated rings. The zero-order valence-electron chi connectivity index (χ0n) is 10.4. The molecule has 102 valence electrons. The van der Waals surface area contributed by atoms with Crippen LogP contribution < -0.4 is 10.6 Å². The lowest BCUT2D eigenvalue weighted by Crippen LogP contribution is -2.43. The van der Waals surface area contributed by atoms with Gasteiger partial charge < -0.3 is 10.6 Å². The molecule has 0 amide bonds. The molecule has 0 spiro atoms. The molecular formula is C13H16ClN3O2. The van der Waals surface area contributed by atoms with Gasteiger partial charge in [0.15, 0.2) is 0 Å². The highest BCUT2D eigenvalue weighted by Crippen LogP contribution is 2.35. The number of piperidine rings is 1. The third-order valence-electron chi connectivity index (χ3n) is 4.01. The number of hydrogen-bond acceptors (Lipinski definition) is 4. The summed E-state index contributed by atoms with van der Waals surface area (Å²) in [4.78, 5) is 10.7. The Bertz CT molecular complexity index is 497. The van der Waals surface area contributed by atoms with Gasteiger partial charge in [-0.1, -0.05) is 17.7 Å². The van der Waals surface area contributed by atoms with Gasteiger partial charge in [0.2, 0.25) is 0 Å². The van der Waals surface area contributed by atoms with Crippen LogP contribution in [0.3, 0.4) is 0 Å². The maximum absolute atomic E-state index is 11.1. The van der Waals surface area contributed by atoms with Crippen molar-refractivity contribution in [3.05, 3.63) is 33.3 Å². The summed E-state index contributed by atoms with van der Waals surface area (Å²) in [7, 11) is 0. The molecule has 0 radical (unpaired) electrons. The van der Waals surface area contributed by atoms with Crippen molar-refractivity contribution in [2.45, 2.75) is 43.8 Å². The molecule has 0 saturated carbocycles. The van der Waals surface area contributed by atoms with E-state index in [2.05, 4.69) is 10.6 Å². The lowest BCUT2D eigenvalue weighted by Gasteiger charge is -2.30. The molecule has 3 rings (SSSR count). The minimum absolute atomic E-state index is 0.0541. The van der Waals surface area contributed by atoms with Crippen molar-refractivity contribution in [2.75, 3.05) is 5.32 Å². The van der Waals surface area contributed by atoms with Crippen LogP contribution in [-0.4, -0.2) is 23.0 Å². The van der Waals surface area contributed by atoms with Crippen LogP contribution >= 0.6 is 11.6 Å². The summed E-state index contributed by atoms with van der Waals surface area (Å²) in [5.41, 5.74) is 0.513. The molecule has 19 heavy (non-hydrogen) atoms. The largest absolute Gasteiger partial charge is 0.375 e. The van der Waals surface area contributed by atoms with Crippen molar-refractivity contribution in [1.29, 1.82) is 0 Å². The number of nitrogens with zero attached hydrogens (tertiary/aromatic N) is 1. The normalized spacial score (nSPS) is 29.2. The smallest absolute Gasteiger partial charge is 0.293 e. The second-order valence-electron chi connectivity index (χ2n) is 5.34. The van der Waals surface area contributed by atoms with Crippen molar-refractivity contribution < 1.29 is 4.92 Å². The first kappa shape index (κ1) is 12.7. The van der Waals surface area contributed by atoms with Crippen molar-refractivity contribution in [3.63, 3.8) is 0 Å². The summed E-state index contributed by atoms with van der Waals surface area (Å²) in [5.74, 6) is 0. The van der Waals surface area contributed by atoms with Gasteiger partial charge in [-0.3, -0.25) is 10.1 Å². The molecule has 2 heterocycles. The van der Waals surface area contributed by atoms with Gasteiger partial charge in [0, 0.05) is 24.2 Å². The van der Waals surface area contributed by atoms with E-state index < -0.39 is 0 Å². The lowest BCUT2D eigenvalue weighted by molar-refractivity contribution is -0.384. The van der Waals surface area contributed by atoms with Crippen LogP contribution in [0.15, 0.2) is 18.2 Å². The zero-order chi connectivity index (χ0) is 13.4. The van der Waals surface area contributed by atoms with Crippen LogP contribution in [0.2, 0.25) is 5.02 Å². The Morgan fingerprint density at radius 2 is 2.00 bits per heavy atom. The Morgan fingerprint density at radius 3 is 2.63 bits per heavy atom. The molecule has 2 atom stereocenters. The first-order valence-corrected chi connectivity index (χ1v) is 6.97. The van der Waals surface area contributed by atoms with Gasteiger partial charge in [-0.15, -0.1) is 0 Å². The molecule has 2 saturated heterocycles. The van der Waals surface area contributed by atoms with Crippen LogP contribution in [0.4, 0.5) is 11.4 Å². The number of anilines is 1. The number of nitrogens with one attached hydrogen (secondary N) is 2. The SMILES string of the molecule is O=[N+]([O-])c1cccc(Cl)c1NC1CC2CCC(C1)N2. The van der Waals surface area contributed by atoms with E-state index in [0.29, 0.717) is 22.8 Å². The molecule has 1 aromatic rings. The first-order valence-electron chi connectivity index (χ1n) is 6.59. The Labute approximate surface area is 116 Å². The third-order valence-corrected chi connectivity index (χ3v) is 4.32. The van der Waals surface area contributed by atoms with Gasteiger partial charge in [-0.2, -0.15) is 0 Å². The highest BCUT2D eigenvalue weighted by atomic mass is 35.5. The number of benzene rings is 1. The number of para-hydroxylation sites is 1. The number of rotatable bonds is 3. The Hall–Kier alpha value is -1.33. The zero-order valence-corrected chi connectivity index (χ0v) is 11.2. The van der Waals surface area contributed by atoms with E-state index >= 15 is 0 Å². The minimum Gasteiger partial charge on any atom is -0.375 e. The van der Waals surface area contributed by atoms with Crippen molar-refractivity contribution >= 4 is 23.0 Å². The van der Waals surface area contributed by atoms with E-state index in [1.165, 1.54) is 18.9 Å². The van der Waals surface area contributed by atoms with E-state index in [1.54, 1.807) is 12.1 Å². The summed E-state index contributed by atoms with van der Waals surface area (Å²) in [6.07, 6.45) is 4.40. The lowest BCUT2D eigenvalue weighted by atomic mass is 9.99. The van der Waals surface area contributed by atoms with E-state index in [4.69, 9.17) is 11.6 Å². The number of hydrogen-bond donors (Lipinski definition) is 2. The molecule has 0 aromatic heterocycles. The fraction of sp³-hybridized carbons (Fsp3) is 0.538. The number of fused-ring (bicyclic) bond motifs is 2. The van der Waals surface area contributed by atoms with Crippen LogP contribution in [-0.2, 0) is 0 Å². The Balaban J connectivity index is 1.81. The molecule has 2 N–H and O–H groups in total. The van der Waals surface area contributed by atoms with Gasteiger partial charge in [-0.25, -0.2) is 0 Å². The van der Waals surface area contributed by atoms with Gasteiger partial charge in [0.25, 0.3) is 5.69 Å². The Kier molecular flexibility index (Phi) is 3.33. The van der Waals surface area contributed by atoms with Crippen LogP contribution in [0.25, 0.3) is 0 Å². The number of nitro benzene ring substituents is 1. The second-order valence-corrected chi connectivity index (χ2v) is 5.75. The first-order chi connectivity index (χ1) is 9.13. The van der Waals surface area contributed by atoms with E-state index in [0.717, 1.165) is 12.8 Å². The average molecular weight is 282 g/mol. The molecule has 2 unspecified atom stereocenters. The third kappa shape index (κ3) is 2.53. The fourth-order valence-electron chi connectivity index (χ4n) is 3.19. The monoisotopic (exact) mass is 281 g/mol. The summed E-state index contributed by atoms with van der Waals surface area (Å²) in [6.45, 7) is 0. The maximum Gasteiger partial charge on any atom is 0.293 e. The number of halogens is 1. The van der Waals surface area contributed by atoms with Gasteiger partial charge in [0.05, 0.1) is 9.95 Å². The van der Waals surface area contributed by atoms with Crippen molar-refractivity contribution in [1.82, 2.24) is 5.32 Å². The molecule has 2 aliphatic heterocycles. The van der Waals surface area contributed by atoms with Gasteiger partial charge in [-0.05, 0) is 31.7 Å². The molecule has 2 bridgehead atoms. The van der Waals surface area contributed by atoms with Crippen molar-refractivity contribution in [3.8, 4) is 0 Å². The Morgan fingerprint density at radius 1 is 1.32 bits per heavy atom. The standard InChI is InChI=1S/C13H16ClN3O2/c14-11-2-1-3-12(17(18)19)13(11)16-10-6-8-4-5-9(7-10)15-8/h1-3,8-10,15-16H,4-7H2. The fourth-order valence-corrected chi connectivity index (χ4v) is 3.41. The maximum atomic E-state index is 11.1.